The van der Waals surface area contributed by atoms with Gasteiger partial charge in [0.2, 0.25) is 0 Å². The van der Waals surface area contributed by atoms with Crippen LogP contribution >= 0.6 is 0 Å². The highest BCUT2D eigenvalue weighted by Crippen LogP contribution is 2.34. The van der Waals surface area contributed by atoms with E-state index in [4.69, 9.17) is 4.74 Å². The standard InChI is InChI=1S/C19H20N2O6S/c1-19(13-5-3-12-8-14(27-2)6-4-11(12)7-13)17(23)21(18(24)20-19)15-9-28(25,26)10-16(15)22/h3-8,15-16,22H,9-10H2,1-2H3,(H,20,24)/t15-,16-,19+/m0/s1. The van der Waals surface area contributed by atoms with Crippen molar-refractivity contribution < 1.29 is 27.9 Å². The van der Waals surface area contributed by atoms with Crippen LogP contribution in [0.5, 0.6) is 5.75 Å². The number of urea groups is 1. The minimum absolute atomic E-state index is 0.430. The van der Waals surface area contributed by atoms with Gasteiger partial charge in [0.15, 0.2) is 9.84 Å². The summed E-state index contributed by atoms with van der Waals surface area (Å²) >= 11 is 0. The zero-order valence-corrected chi connectivity index (χ0v) is 16.2. The SMILES string of the molecule is COc1ccc2cc([C@@]3(C)NC(=O)N([C@H]4CS(=O)(=O)C[C@@H]4O)C3=O)ccc2c1. The van der Waals surface area contributed by atoms with Crippen LogP contribution < -0.4 is 10.1 Å². The molecule has 148 valence electrons. The number of sulfone groups is 1. The maximum absolute atomic E-state index is 13.1. The number of hydrogen-bond donors (Lipinski definition) is 2. The number of nitrogens with one attached hydrogen (secondary N) is 1. The first-order valence-corrected chi connectivity index (χ1v) is 10.6. The summed E-state index contributed by atoms with van der Waals surface area (Å²) in [6.07, 6.45) is -1.29. The van der Waals surface area contributed by atoms with Gasteiger partial charge >= 0.3 is 6.03 Å². The smallest absolute Gasteiger partial charge is 0.325 e. The molecule has 2 aliphatic heterocycles. The highest BCUT2D eigenvalue weighted by molar-refractivity contribution is 7.91. The topological polar surface area (TPSA) is 113 Å². The Hall–Kier alpha value is -2.65. The van der Waals surface area contributed by atoms with Crippen LogP contribution in [-0.2, 0) is 20.2 Å². The molecular formula is C19H20N2O6S. The molecule has 0 aliphatic carbocycles. The Morgan fingerprint density at radius 2 is 1.82 bits per heavy atom. The Kier molecular flexibility index (Phi) is 4.13. The first-order valence-electron chi connectivity index (χ1n) is 8.77. The van der Waals surface area contributed by atoms with Crippen molar-refractivity contribution in [2.24, 2.45) is 0 Å². The largest absolute Gasteiger partial charge is 0.497 e. The van der Waals surface area contributed by atoms with Gasteiger partial charge in [0.25, 0.3) is 5.91 Å². The molecule has 0 saturated carbocycles. The van der Waals surface area contributed by atoms with Gasteiger partial charge in [0.05, 0.1) is 30.8 Å². The molecule has 0 aromatic heterocycles. The fourth-order valence-corrected chi connectivity index (χ4v) is 5.65. The number of aliphatic hydroxyl groups excluding tert-OH is 1. The highest BCUT2D eigenvalue weighted by atomic mass is 32.2. The molecule has 9 heteroatoms. The number of carbonyl (C=O) groups is 2. The molecule has 4 rings (SSSR count). The summed E-state index contributed by atoms with van der Waals surface area (Å²) in [5, 5.41) is 14.5. The van der Waals surface area contributed by atoms with E-state index in [0.29, 0.717) is 11.3 Å². The van der Waals surface area contributed by atoms with Gasteiger partial charge in [-0.05, 0) is 41.5 Å². The van der Waals surface area contributed by atoms with Crippen LogP contribution in [0, 0.1) is 0 Å². The molecule has 2 aromatic carbocycles. The number of rotatable bonds is 3. The third-order valence-corrected chi connectivity index (χ3v) is 7.17. The third-order valence-electron chi connectivity index (χ3n) is 5.47. The van der Waals surface area contributed by atoms with Crippen molar-refractivity contribution in [1.29, 1.82) is 0 Å². The van der Waals surface area contributed by atoms with E-state index in [0.717, 1.165) is 15.7 Å². The van der Waals surface area contributed by atoms with E-state index in [9.17, 15) is 23.1 Å². The average Bonchev–Trinajstić information content (AvgIpc) is 3.05. The van der Waals surface area contributed by atoms with Gasteiger partial charge in [-0.2, -0.15) is 0 Å². The second kappa shape index (κ2) is 6.18. The van der Waals surface area contributed by atoms with Gasteiger partial charge in [-0.15, -0.1) is 0 Å². The molecule has 2 N–H and O–H groups in total. The lowest BCUT2D eigenvalue weighted by Crippen LogP contribution is -2.48. The minimum Gasteiger partial charge on any atom is -0.497 e. The summed E-state index contributed by atoms with van der Waals surface area (Å²) in [7, 11) is -1.92. The summed E-state index contributed by atoms with van der Waals surface area (Å²) < 4.78 is 28.8. The maximum Gasteiger partial charge on any atom is 0.325 e. The van der Waals surface area contributed by atoms with E-state index in [1.807, 2.05) is 18.2 Å². The molecule has 2 fully saturated rings. The van der Waals surface area contributed by atoms with E-state index in [2.05, 4.69) is 5.32 Å². The average molecular weight is 404 g/mol. The Morgan fingerprint density at radius 3 is 2.46 bits per heavy atom. The monoisotopic (exact) mass is 404 g/mol. The summed E-state index contributed by atoms with van der Waals surface area (Å²) in [5.74, 6) is -0.754. The number of ether oxygens (including phenoxy) is 1. The molecule has 0 spiro atoms. The molecule has 2 saturated heterocycles. The summed E-state index contributed by atoms with van der Waals surface area (Å²) in [5.41, 5.74) is -0.779. The molecule has 0 bridgehead atoms. The Bertz CT molecular complexity index is 1100. The fraction of sp³-hybridized carbons (Fsp3) is 0.368. The molecule has 3 amide bonds. The van der Waals surface area contributed by atoms with Crippen LogP contribution in [-0.4, -0.2) is 61.1 Å². The molecule has 28 heavy (non-hydrogen) atoms. The van der Waals surface area contributed by atoms with Crippen molar-refractivity contribution >= 4 is 32.5 Å². The van der Waals surface area contributed by atoms with Crippen LogP contribution in [0.4, 0.5) is 4.79 Å². The van der Waals surface area contributed by atoms with Crippen molar-refractivity contribution in [3.05, 3.63) is 42.0 Å². The number of methoxy groups -OCH3 is 1. The predicted molar refractivity (Wildman–Crippen MR) is 102 cm³/mol. The van der Waals surface area contributed by atoms with E-state index in [1.165, 1.54) is 0 Å². The fourth-order valence-electron chi connectivity index (χ4n) is 3.88. The van der Waals surface area contributed by atoms with Gasteiger partial charge in [0.1, 0.15) is 11.3 Å². The molecule has 2 heterocycles. The zero-order chi connectivity index (χ0) is 20.3. The van der Waals surface area contributed by atoms with Crippen molar-refractivity contribution in [1.82, 2.24) is 10.2 Å². The lowest BCUT2D eigenvalue weighted by atomic mass is 9.90. The minimum atomic E-state index is -3.50. The maximum atomic E-state index is 13.1. The summed E-state index contributed by atoms with van der Waals surface area (Å²) in [6.45, 7) is 1.58. The summed E-state index contributed by atoms with van der Waals surface area (Å²) in [6, 6.07) is 9.11. The number of carbonyl (C=O) groups excluding carboxylic acids is 2. The molecule has 3 atom stereocenters. The number of nitrogens with zero attached hydrogens (tertiary/aromatic N) is 1. The zero-order valence-electron chi connectivity index (χ0n) is 15.4. The molecule has 0 radical (unpaired) electrons. The van der Waals surface area contributed by atoms with Crippen molar-refractivity contribution in [2.45, 2.75) is 24.6 Å². The Balaban J connectivity index is 1.71. The third kappa shape index (κ3) is 2.82. The lowest BCUT2D eigenvalue weighted by Gasteiger charge is -2.26. The lowest BCUT2D eigenvalue weighted by molar-refractivity contribution is -0.133. The van der Waals surface area contributed by atoms with Crippen molar-refractivity contribution in [3.63, 3.8) is 0 Å². The van der Waals surface area contributed by atoms with Crippen molar-refractivity contribution in [3.8, 4) is 5.75 Å². The molecule has 0 unspecified atom stereocenters. The van der Waals surface area contributed by atoms with Crippen molar-refractivity contribution in [2.75, 3.05) is 18.6 Å². The van der Waals surface area contributed by atoms with Gasteiger partial charge < -0.3 is 15.2 Å². The normalized spacial score (nSPS) is 29.3. The first-order chi connectivity index (χ1) is 13.1. The van der Waals surface area contributed by atoms with E-state index >= 15 is 0 Å². The van der Waals surface area contributed by atoms with Crippen LogP contribution in [0.1, 0.15) is 12.5 Å². The van der Waals surface area contributed by atoms with E-state index in [-0.39, 0.29) is 0 Å². The van der Waals surface area contributed by atoms with Crippen LogP contribution in [0.2, 0.25) is 0 Å². The molecule has 2 aliphatic rings. The Labute approximate surface area is 162 Å². The number of imide groups is 1. The van der Waals surface area contributed by atoms with Crippen LogP contribution in [0.3, 0.4) is 0 Å². The van der Waals surface area contributed by atoms with E-state index in [1.54, 1.807) is 32.2 Å². The summed E-state index contributed by atoms with van der Waals surface area (Å²) in [4.78, 5) is 26.5. The molecular weight excluding hydrogens is 384 g/mol. The number of amides is 3. The highest BCUT2D eigenvalue weighted by Gasteiger charge is 2.55. The number of aliphatic hydroxyl groups is 1. The van der Waals surface area contributed by atoms with Crippen LogP contribution in [0.15, 0.2) is 36.4 Å². The number of benzene rings is 2. The quantitative estimate of drug-likeness (QED) is 0.731. The number of hydrogen-bond acceptors (Lipinski definition) is 6. The number of fused-ring (bicyclic) bond motifs is 1. The second-order valence-corrected chi connectivity index (χ2v) is 9.52. The second-order valence-electron chi connectivity index (χ2n) is 7.37. The van der Waals surface area contributed by atoms with E-state index < -0.39 is 51.0 Å². The van der Waals surface area contributed by atoms with Gasteiger partial charge in [-0.1, -0.05) is 18.2 Å². The van der Waals surface area contributed by atoms with Gasteiger partial charge in [-0.25, -0.2) is 13.2 Å². The van der Waals surface area contributed by atoms with Gasteiger partial charge in [-0.3, -0.25) is 9.69 Å². The van der Waals surface area contributed by atoms with Crippen LogP contribution in [0.25, 0.3) is 10.8 Å². The molecule has 8 nitrogen and oxygen atoms in total. The molecule has 2 aromatic rings. The Morgan fingerprint density at radius 1 is 1.14 bits per heavy atom. The van der Waals surface area contributed by atoms with Gasteiger partial charge in [0, 0.05) is 0 Å². The first kappa shape index (κ1) is 18.7. The predicted octanol–water partition coefficient (Wildman–Crippen LogP) is 0.773.